The van der Waals surface area contributed by atoms with Crippen LogP contribution < -0.4 is 11.1 Å². The highest BCUT2D eigenvalue weighted by Gasteiger charge is 2.13. The molecule has 2 aromatic carbocycles. The molecule has 0 bridgehead atoms. The van der Waals surface area contributed by atoms with Crippen LogP contribution in [0.25, 0.3) is 5.69 Å². The Bertz CT molecular complexity index is 920. The van der Waals surface area contributed by atoms with Crippen molar-refractivity contribution in [2.24, 2.45) is 10.7 Å². The summed E-state index contributed by atoms with van der Waals surface area (Å²) < 4.78 is 1.73. The van der Waals surface area contributed by atoms with Gasteiger partial charge in [-0.1, -0.05) is 24.3 Å². The fraction of sp³-hybridized carbons (Fsp3) is 0.250. The van der Waals surface area contributed by atoms with Gasteiger partial charge in [0.25, 0.3) is 0 Å². The first-order chi connectivity index (χ1) is 12.8. The van der Waals surface area contributed by atoms with Gasteiger partial charge in [0.2, 0.25) is 0 Å². The molecule has 27 heavy (non-hydrogen) atoms. The normalized spacial score (nSPS) is 13.6. The molecule has 1 heterocycles. The molecule has 6 nitrogen and oxygen atoms in total. The van der Waals surface area contributed by atoms with Gasteiger partial charge in [-0.3, -0.25) is 0 Å². The number of nitrogens with one attached hydrogen (secondary N) is 1. The molecule has 3 aromatic rings. The second-order valence-electron chi connectivity index (χ2n) is 6.49. The molecule has 1 aliphatic rings. The number of aromatic nitrogens is 3. The van der Waals surface area contributed by atoms with Gasteiger partial charge < -0.3 is 11.1 Å². The van der Waals surface area contributed by atoms with Gasteiger partial charge in [-0.15, -0.1) is 24.0 Å². The largest absolute Gasteiger partial charge is 0.370 e. The van der Waals surface area contributed by atoms with Crippen molar-refractivity contribution in [1.29, 1.82) is 0 Å². The lowest BCUT2D eigenvalue weighted by molar-refractivity contribution is 0.687. The first kappa shape index (κ1) is 19.3. The second kappa shape index (κ2) is 8.98. The van der Waals surface area contributed by atoms with E-state index in [-0.39, 0.29) is 24.0 Å². The van der Waals surface area contributed by atoms with Crippen LogP contribution in [0.3, 0.4) is 0 Å². The minimum atomic E-state index is 0. The number of fused-ring (bicyclic) bond motifs is 1. The van der Waals surface area contributed by atoms with E-state index in [0.29, 0.717) is 12.5 Å². The average molecular weight is 474 g/mol. The van der Waals surface area contributed by atoms with Gasteiger partial charge in [-0.25, -0.2) is 14.7 Å². The van der Waals surface area contributed by atoms with E-state index in [9.17, 15) is 0 Å². The fourth-order valence-electron chi connectivity index (χ4n) is 3.39. The Hall–Kier alpha value is -2.42. The average Bonchev–Trinajstić information content (AvgIpc) is 3.22. The van der Waals surface area contributed by atoms with Crippen LogP contribution in [-0.4, -0.2) is 20.7 Å². The summed E-state index contributed by atoms with van der Waals surface area (Å²) in [4.78, 5) is 8.48. The van der Waals surface area contributed by atoms with Crippen LogP contribution >= 0.6 is 24.0 Å². The Morgan fingerprint density at radius 1 is 1.15 bits per heavy atom. The van der Waals surface area contributed by atoms with Gasteiger partial charge in [0.05, 0.1) is 12.2 Å². The molecule has 140 valence electrons. The molecular weight excluding hydrogens is 451 g/mol. The number of hydrogen-bond donors (Lipinski definition) is 2. The number of benzene rings is 2. The van der Waals surface area contributed by atoms with Crippen molar-refractivity contribution in [3.05, 3.63) is 71.8 Å². The zero-order chi connectivity index (χ0) is 17.8. The summed E-state index contributed by atoms with van der Waals surface area (Å²) in [6, 6.07) is 14.4. The Balaban J connectivity index is 0.00000210. The molecule has 0 aliphatic heterocycles. The number of nitrogens with two attached hydrogens (primary N) is 1. The molecular formula is C20H23IN6. The van der Waals surface area contributed by atoms with Crippen molar-refractivity contribution in [3.63, 3.8) is 0 Å². The molecule has 0 atom stereocenters. The van der Waals surface area contributed by atoms with Crippen molar-refractivity contribution in [3.8, 4) is 5.69 Å². The second-order valence-corrected chi connectivity index (χ2v) is 6.49. The van der Waals surface area contributed by atoms with E-state index in [1.807, 2.05) is 24.3 Å². The Morgan fingerprint density at radius 2 is 2.00 bits per heavy atom. The lowest BCUT2D eigenvalue weighted by atomic mass is 9.90. The molecule has 1 aliphatic carbocycles. The predicted octanol–water partition coefficient (Wildman–Crippen LogP) is 3.69. The van der Waals surface area contributed by atoms with Gasteiger partial charge in [0.1, 0.15) is 12.7 Å². The molecule has 0 saturated heterocycles. The third-order valence-corrected chi connectivity index (χ3v) is 4.68. The predicted molar refractivity (Wildman–Crippen MR) is 119 cm³/mol. The highest BCUT2D eigenvalue weighted by molar-refractivity contribution is 14.0. The minimum absolute atomic E-state index is 0. The van der Waals surface area contributed by atoms with Gasteiger partial charge in [0.15, 0.2) is 5.96 Å². The van der Waals surface area contributed by atoms with Crippen molar-refractivity contribution in [2.45, 2.75) is 32.2 Å². The standard InChI is InChI=1S/C20H22N6.HI/c21-20(25-19-10-4-7-16-6-1-2-9-18(16)19)23-12-15-5-3-8-17(11-15)26-14-22-13-24-26;/h3-5,7-8,10-11,13-14H,1-2,6,9,12H2,(H3,21,23,25);1H. The number of anilines is 1. The van der Waals surface area contributed by atoms with E-state index in [1.54, 1.807) is 11.0 Å². The van der Waals surface area contributed by atoms with Crippen molar-refractivity contribution < 1.29 is 0 Å². The fourth-order valence-corrected chi connectivity index (χ4v) is 3.39. The zero-order valence-corrected chi connectivity index (χ0v) is 17.3. The number of rotatable bonds is 4. The number of nitrogens with zero attached hydrogens (tertiary/aromatic N) is 4. The molecule has 0 unspecified atom stereocenters. The lowest BCUT2D eigenvalue weighted by Crippen LogP contribution is -2.24. The molecule has 0 amide bonds. The van der Waals surface area contributed by atoms with Gasteiger partial charge in [0, 0.05) is 5.69 Å². The highest BCUT2D eigenvalue weighted by Crippen LogP contribution is 2.27. The Morgan fingerprint density at radius 3 is 2.85 bits per heavy atom. The van der Waals surface area contributed by atoms with Gasteiger partial charge >= 0.3 is 0 Å². The summed E-state index contributed by atoms with van der Waals surface area (Å²) in [5.74, 6) is 0.440. The maximum absolute atomic E-state index is 6.13. The zero-order valence-electron chi connectivity index (χ0n) is 15.0. The summed E-state index contributed by atoms with van der Waals surface area (Å²) in [6.07, 6.45) is 7.95. The Labute approximate surface area is 175 Å². The maximum atomic E-state index is 6.13. The van der Waals surface area contributed by atoms with Crippen LogP contribution in [0.5, 0.6) is 0 Å². The number of hydrogen-bond acceptors (Lipinski definition) is 3. The summed E-state index contributed by atoms with van der Waals surface area (Å²) in [7, 11) is 0. The SMILES string of the molecule is I.NC(=NCc1cccc(-n2cncn2)c1)Nc1cccc2c1CCCC2. The molecule has 0 radical (unpaired) electrons. The maximum Gasteiger partial charge on any atom is 0.193 e. The third-order valence-electron chi connectivity index (χ3n) is 4.68. The Kier molecular flexibility index (Phi) is 6.44. The van der Waals surface area contributed by atoms with Crippen LogP contribution in [0, 0.1) is 0 Å². The van der Waals surface area contributed by atoms with Crippen LogP contribution in [0.15, 0.2) is 60.1 Å². The van der Waals surface area contributed by atoms with Crippen LogP contribution in [0.1, 0.15) is 29.5 Å². The van der Waals surface area contributed by atoms with Crippen molar-refractivity contribution in [2.75, 3.05) is 5.32 Å². The molecule has 1 aromatic heterocycles. The smallest absolute Gasteiger partial charge is 0.193 e. The van der Waals surface area contributed by atoms with Crippen molar-refractivity contribution >= 4 is 35.6 Å². The van der Waals surface area contributed by atoms with E-state index in [0.717, 1.165) is 29.8 Å². The number of guanidine groups is 1. The molecule has 0 fully saturated rings. The van der Waals surface area contributed by atoms with E-state index in [4.69, 9.17) is 5.73 Å². The highest BCUT2D eigenvalue weighted by atomic mass is 127. The molecule has 4 rings (SSSR count). The monoisotopic (exact) mass is 474 g/mol. The summed E-state index contributed by atoms with van der Waals surface area (Å²) in [5, 5.41) is 7.43. The summed E-state index contributed by atoms with van der Waals surface area (Å²) >= 11 is 0. The molecule has 0 spiro atoms. The van der Waals surface area contributed by atoms with E-state index in [2.05, 4.69) is 38.6 Å². The topological polar surface area (TPSA) is 81.1 Å². The van der Waals surface area contributed by atoms with Crippen LogP contribution in [-0.2, 0) is 19.4 Å². The van der Waals surface area contributed by atoms with Crippen molar-refractivity contribution in [1.82, 2.24) is 14.8 Å². The summed E-state index contributed by atoms with van der Waals surface area (Å²) in [6.45, 7) is 0.510. The minimum Gasteiger partial charge on any atom is -0.370 e. The molecule has 7 heteroatoms. The third kappa shape index (κ3) is 4.65. The first-order valence-electron chi connectivity index (χ1n) is 8.91. The van der Waals surface area contributed by atoms with Crippen LogP contribution in [0.2, 0.25) is 0 Å². The molecule has 3 N–H and O–H groups in total. The molecule has 0 saturated carbocycles. The number of halogens is 1. The van der Waals surface area contributed by atoms with Gasteiger partial charge in [-0.2, -0.15) is 5.10 Å². The number of aliphatic imine (C=N–C) groups is 1. The van der Waals surface area contributed by atoms with E-state index in [1.165, 1.54) is 30.3 Å². The van der Waals surface area contributed by atoms with E-state index >= 15 is 0 Å². The number of aryl methyl sites for hydroxylation is 1. The quantitative estimate of drug-likeness (QED) is 0.344. The lowest BCUT2D eigenvalue weighted by Gasteiger charge is -2.19. The first-order valence-corrected chi connectivity index (χ1v) is 8.91. The van der Waals surface area contributed by atoms with Crippen LogP contribution in [0.4, 0.5) is 5.69 Å². The van der Waals surface area contributed by atoms with Gasteiger partial charge in [-0.05, 0) is 60.6 Å². The summed E-state index contributed by atoms with van der Waals surface area (Å²) in [5.41, 5.74) is 12.0. The van der Waals surface area contributed by atoms with E-state index < -0.39 is 0 Å².